The number of nitrogens with zero attached hydrogens (tertiary/aromatic N) is 1. The molecule has 0 bridgehead atoms. The molecule has 1 aromatic rings. The van der Waals surface area contributed by atoms with Gasteiger partial charge in [-0.15, -0.1) is 0 Å². The van der Waals surface area contributed by atoms with Crippen molar-refractivity contribution in [2.75, 3.05) is 19.6 Å². The summed E-state index contributed by atoms with van der Waals surface area (Å²) in [6.07, 6.45) is 3.39. The molecule has 1 aliphatic rings. The van der Waals surface area contributed by atoms with E-state index in [1.54, 1.807) is 0 Å². The number of benzene rings is 1. The van der Waals surface area contributed by atoms with Gasteiger partial charge in [-0.05, 0) is 37.3 Å². The van der Waals surface area contributed by atoms with Crippen LogP contribution in [0.15, 0.2) is 30.3 Å². The molecule has 1 aliphatic heterocycles. The molecule has 0 radical (unpaired) electrons. The molecule has 2 atom stereocenters. The van der Waals surface area contributed by atoms with E-state index in [1.807, 2.05) is 6.07 Å². The monoisotopic (exact) mass is 261 g/mol. The van der Waals surface area contributed by atoms with Gasteiger partial charge in [0.05, 0.1) is 6.10 Å². The largest absolute Gasteiger partial charge is 0.391 e. The van der Waals surface area contributed by atoms with Gasteiger partial charge in [0.1, 0.15) is 0 Å². The summed E-state index contributed by atoms with van der Waals surface area (Å²) in [5.41, 5.74) is 1.34. The van der Waals surface area contributed by atoms with Crippen molar-refractivity contribution in [1.82, 2.24) is 4.90 Å². The number of hydrogen-bond donors (Lipinski definition) is 1. The zero-order chi connectivity index (χ0) is 13.7. The Balaban J connectivity index is 1.77. The van der Waals surface area contributed by atoms with Gasteiger partial charge in [-0.2, -0.15) is 0 Å². The van der Waals surface area contributed by atoms with Crippen LogP contribution < -0.4 is 0 Å². The molecular weight excluding hydrogens is 234 g/mol. The summed E-state index contributed by atoms with van der Waals surface area (Å²) in [7, 11) is 0. The molecule has 0 saturated carbocycles. The topological polar surface area (TPSA) is 23.5 Å². The Kier molecular flexibility index (Phi) is 5.41. The molecule has 0 amide bonds. The Morgan fingerprint density at radius 3 is 2.63 bits per heavy atom. The van der Waals surface area contributed by atoms with Crippen molar-refractivity contribution < 1.29 is 5.11 Å². The SMILES string of the molecule is CC(C)CCCN1C[C@H](Cc2ccccc2)[C@@H](O)C1. The van der Waals surface area contributed by atoms with Crippen LogP contribution in [-0.2, 0) is 6.42 Å². The lowest BCUT2D eigenvalue weighted by Crippen LogP contribution is -2.23. The Morgan fingerprint density at radius 2 is 1.95 bits per heavy atom. The third-order valence-electron chi connectivity index (χ3n) is 4.08. The third-order valence-corrected chi connectivity index (χ3v) is 4.08. The van der Waals surface area contributed by atoms with Crippen LogP contribution in [-0.4, -0.2) is 35.7 Å². The molecule has 0 unspecified atom stereocenters. The first-order valence-corrected chi connectivity index (χ1v) is 7.59. The second-order valence-electron chi connectivity index (χ2n) is 6.31. The zero-order valence-electron chi connectivity index (χ0n) is 12.3. The predicted octanol–water partition coefficient (Wildman–Crippen LogP) is 2.96. The van der Waals surface area contributed by atoms with Crippen molar-refractivity contribution in [3.63, 3.8) is 0 Å². The zero-order valence-corrected chi connectivity index (χ0v) is 12.3. The van der Waals surface area contributed by atoms with E-state index < -0.39 is 0 Å². The summed E-state index contributed by atoms with van der Waals surface area (Å²) in [5.74, 6) is 1.19. The molecule has 19 heavy (non-hydrogen) atoms. The summed E-state index contributed by atoms with van der Waals surface area (Å²) in [6.45, 7) is 7.60. The van der Waals surface area contributed by atoms with Gasteiger partial charge in [0, 0.05) is 19.0 Å². The Morgan fingerprint density at radius 1 is 1.21 bits per heavy atom. The average molecular weight is 261 g/mol. The highest BCUT2D eigenvalue weighted by molar-refractivity contribution is 5.16. The van der Waals surface area contributed by atoms with E-state index in [-0.39, 0.29) is 6.10 Å². The van der Waals surface area contributed by atoms with Gasteiger partial charge in [-0.3, -0.25) is 0 Å². The maximum atomic E-state index is 10.2. The van der Waals surface area contributed by atoms with Gasteiger partial charge in [-0.25, -0.2) is 0 Å². The molecule has 1 aromatic carbocycles. The highest BCUT2D eigenvalue weighted by Gasteiger charge is 2.30. The minimum Gasteiger partial charge on any atom is -0.391 e. The highest BCUT2D eigenvalue weighted by Crippen LogP contribution is 2.22. The first-order chi connectivity index (χ1) is 9.15. The van der Waals surface area contributed by atoms with Crippen molar-refractivity contribution in [2.24, 2.45) is 11.8 Å². The van der Waals surface area contributed by atoms with E-state index >= 15 is 0 Å². The molecular formula is C17H27NO. The summed E-state index contributed by atoms with van der Waals surface area (Å²) in [6, 6.07) is 10.5. The van der Waals surface area contributed by atoms with Crippen LogP contribution in [0, 0.1) is 11.8 Å². The van der Waals surface area contributed by atoms with Crippen molar-refractivity contribution in [3.05, 3.63) is 35.9 Å². The van der Waals surface area contributed by atoms with Gasteiger partial charge >= 0.3 is 0 Å². The molecule has 106 valence electrons. The molecule has 1 fully saturated rings. The fourth-order valence-corrected chi connectivity index (χ4v) is 2.96. The lowest BCUT2D eigenvalue weighted by atomic mass is 9.97. The molecule has 1 saturated heterocycles. The number of aliphatic hydroxyl groups is 1. The number of β-amino-alcohol motifs (C(OH)–C–C–N with tert-alkyl or cyclic N) is 1. The minimum atomic E-state index is -0.153. The molecule has 2 rings (SSSR count). The number of likely N-dealkylation sites (tertiary alicyclic amines) is 1. The van der Waals surface area contributed by atoms with Gasteiger partial charge in [0.2, 0.25) is 0 Å². The molecule has 0 aromatic heterocycles. The van der Waals surface area contributed by atoms with E-state index in [9.17, 15) is 5.11 Å². The summed E-state index contributed by atoms with van der Waals surface area (Å²) in [4.78, 5) is 2.43. The fraction of sp³-hybridized carbons (Fsp3) is 0.647. The lowest BCUT2D eigenvalue weighted by molar-refractivity contribution is 0.141. The summed E-state index contributed by atoms with van der Waals surface area (Å²) >= 11 is 0. The highest BCUT2D eigenvalue weighted by atomic mass is 16.3. The second-order valence-corrected chi connectivity index (χ2v) is 6.31. The van der Waals surface area contributed by atoms with Crippen molar-refractivity contribution in [2.45, 2.75) is 39.2 Å². The van der Waals surface area contributed by atoms with E-state index in [4.69, 9.17) is 0 Å². The van der Waals surface area contributed by atoms with Crippen LogP contribution in [0.1, 0.15) is 32.3 Å². The summed E-state index contributed by atoms with van der Waals surface area (Å²) in [5, 5.41) is 10.2. The van der Waals surface area contributed by atoms with Crippen molar-refractivity contribution in [1.29, 1.82) is 0 Å². The van der Waals surface area contributed by atoms with Gasteiger partial charge < -0.3 is 10.0 Å². The number of rotatable bonds is 6. The Hall–Kier alpha value is -0.860. The smallest absolute Gasteiger partial charge is 0.0710 e. The lowest BCUT2D eigenvalue weighted by Gasteiger charge is -2.16. The normalized spacial score (nSPS) is 24.2. The maximum absolute atomic E-state index is 10.2. The average Bonchev–Trinajstić information content (AvgIpc) is 2.71. The predicted molar refractivity (Wildman–Crippen MR) is 80.2 cm³/mol. The molecule has 2 nitrogen and oxygen atoms in total. The van der Waals surface area contributed by atoms with Gasteiger partial charge in [0.15, 0.2) is 0 Å². The van der Waals surface area contributed by atoms with Gasteiger partial charge in [0.25, 0.3) is 0 Å². The summed E-state index contributed by atoms with van der Waals surface area (Å²) < 4.78 is 0. The minimum absolute atomic E-state index is 0.153. The van der Waals surface area contributed by atoms with E-state index in [1.165, 1.54) is 18.4 Å². The Bertz CT molecular complexity index is 363. The maximum Gasteiger partial charge on any atom is 0.0710 e. The van der Waals surface area contributed by atoms with E-state index in [0.717, 1.165) is 32.0 Å². The van der Waals surface area contributed by atoms with E-state index in [0.29, 0.717) is 5.92 Å². The number of aliphatic hydroxyl groups excluding tert-OH is 1. The molecule has 1 heterocycles. The van der Waals surface area contributed by atoms with Gasteiger partial charge in [-0.1, -0.05) is 44.2 Å². The molecule has 0 spiro atoms. The van der Waals surface area contributed by atoms with E-state index in [2.05, 4.69) is 43.0 Å². The Labute approximate surface area is 117 Å². The second kappa shape index (κ2) is 7.06. The van der Waals surface area contributed by atoms with Crippen molar-refractivity contribution in [3.8, 4) is 0 Å². The molecule has 2 heteroatoms. The standard InChI is InChI=1S/C17H27NO/c1-14(2)7-6-10-18-12-16(17(19)13-18)11-15-8-4-3-5-9-15/h3-5,8-9,14,16-17,19H,6-7,10-13H2,1-2H3/t16-,17-/m0/s1. The van der Waals surface area contributed by atoms with Crippen LogP contribution in [0.2, 0.25) is 0 Å². The van der Waals surface area contributed by atoms with Crippen LogP contribution in [0.5, 0.6) is 0 Å². The van der Waals surface area contributed by atoms with Crippen LogP contribution in [0.4, 0.5) is 0 Å². The first-order valence-electron chi connectivity index (χ1n) is 7.59. The van der Waals surface area contributed by atoms with Crippen LogP contribution in [0.25, 0.3) is 0 Å². The molecule has 1 N–H and O–H groups in total. The van der Waals surface area contributed by atoms with Crippen molar-refractivity contribution >= 4 is 0 Å². The quantitative estimate of drug-likeness (QED) is 0.851. The number of hydrogen-bond acceptors (Lipinski definition) is 2. The van der Waals surface area contributed by atoms with Crippen LogP contribution >= 0.6 is 0 Å². The fourth-order valence-electron chi connectivity index (χ4n) is 2.96. The van der Waals surface area contributed by atoms with Crippen LogP contribution in [0.3, 0.4) is 0 Å². The first kappa shape index (κ1) is 14.5. The molecule has 0 aliphatic carbocycles. The third kappa shape index (κ3) is 4.63.